The fraction of sp³-hybridized carbons (Fsp3) is 0.667. The highest BCUT2D eigenvalue weighted by atomic mass is 35.5. The van der Waals surface area contributed by atoms with Crippen molar-refractivity contribution in [3.8, 4) is 11.5 Å². The number of unbranched alkanes of at least 4 members (excludes halogenated alkanes) is 2. The molecule has 0 N–H and O–H groups in total. The van der Waals surface area contributed by atoms with Crippen LogP contribution < -0.4 is 9.16 Å². The van der Waals surface area contributed by atoms with Crippen LogP contribution >= 0.6 is 23.2 Å². The van der Waals surface area contributed by atoms with Gasteiger partial charge in [0.05, 0.1) is 0 Å². The van der Waals surface area contributed by atoms with Gasteiger partial charge < -0.3 is 9.16 Å². The van der Waals surface area contributed by atoms with Crippen molar-refractivity contribution in [1.29, 1.82) is 0 Å². The highest BCUT2D eigenvalue weighted by molar-refractivity contribution is 6.88. The minimum Gasteiger partial charge on any atom is -0.541 e. The van der Waals surface area contributed by atoms with E-state index in [0.29, 0.717) is 11.8 Å². The van der Waals surface area contributed by atoms with Crippen molar-refractivity contribution >= 4 is 31.5 Å². The van der Waals surface area contributed by atoms with Crippen molar-refractivity contribution in [2.24, 2.45) is 5.92 Å². The van der Waals surface area contributed by atoms with Gasteiger partial charge in [-0.25, -0.2) is 0 Å². The first kappa shape index (κ1) is 23.0. The summed E-state index contributed by atoms with van der Waals surface area (Å²) >= 11 is 12.6. The third-order valence-electron chi connectivity index (χ3n) is 6.48. The van der Waals surface area contributed by atoms with E-state index in [1.807, 2.05) is 0 Å². The number of allylic oxidation sites excluding steroid dienone is 2. The number of rotatable bonds is 7. The number of hydrogen-bond donors (Lipinski definition) is 0. The van der Waals surface area contributed by atoms with E-state index in [1.165, 1.54) is 36.0 Å². The zero-order valence-electron chi connectivity index (χ0n) is 18.8. The predicted molar refractivity (Wildman–Crippen MR) is 127 cm³/mol. The van der Waals surface area contributed by atoms with Gasteiger partial charge in [-0.05, 0) is 77.2 Å². The van der Waals surface area contributed by atoms with Gasteiger partial charge in [0.25, 0.3) is 8.32 Å². The Morgan fingerprint density at radius 1 is 1.24 bits per heavy atom. The number of hydrogen-bond acceptors (Lipinski definition) is 2. The predicted octanol–water partition coefficient (Wildman–Crippen LogP) is 7.96. The Bertz CT molecular complexity index is 770. The molecule has 0 fully saturated rings. The second-order valence-corrected chi connectivity index (χ2v) is 15.7. The molecule has 3 rings (SSSR count). The first-order valence-electron chi connectivity index (χ1n) is 11.1. The lowest BCUT2D eigenvalue weighted by atomic mass is 9.68. The smallest absolute Gasteiger partial charge is 0.277 e. The largest absolute Gasteiger partial charge is 0.541 e. The minimum absolute atomic E-state index is 0.192. The topological polar surface area (TPSA) is 18.5 Å². The Morgan fingerprint density at radius 3 is 2.62 bits per heavy atom. The quantitative estimate of drug-likeness (QED) is 0.180. The standard InChI is InChI=1S/C24H36Cl2O2Si/c1-7-8-9-10-17-14-20-22(21(15-17)28-29(5,6)23(25)26)18-13-16(2)11-12-19(18)24(3,4)27-20/h13-15,18-19,23H,7-12H2,1-6H3. The zero-order valence-corrected chi connectivity index (χ0v) is 21.3. The average molecular weight is 456 g/mol. The molecule has 29 heavy (non-hydrogen) atoms. The lowest BCUT2D eigenvalue weighted by molar-refractivity contribution is 0.0110. The normalized spacial score (nSPS) is 23.1. The molecular weight excluding hydrogens is 419 g/mol. The Labute approximate surface area is 188 Å². The van der Waals surface area contributed by atoms with E-state index in [0.717, 1.165) is 30.8 Å². The van der Waals surface area contributed by atoms with Crippen LogP contribution in [0.3, 0.4) is 0 Å². The van der Waals surface area contributed by atoms with Crippen molar-refractivity contribution in [2.45, 2.75) is 95.3 Å². The minimum atomic E-state index is -2.30. The van der Waals surface area contributed by atoms with Crippen molar-refractivity contribution in [1.82, 2.24) is 0 Å². The van der Waals surface area contributed by atoms with Crippen molar-refractivity contribution < 1.29 is 9.16 Å². The molecule has 1 aromatic carbocycles. The number of fused-ring (bicyclic) bond motifs is 3. The summed E-state index contributed by atoms with van der Waals surface area (Å²) in [5.41, 5.74) is 3.74. The lowest BCUT2D eigenvalue weighted by Crippen LogP contribution is -2.46. The van der Waals surface area contributed by atoms with E-state index in [9.17, 15) is 0 Å². The maximum Gasteiger partial charge on any atom is 0.277 e. The first-order valence-corrected chi connectivity index (χ1v) is 14.9. The zero-order chi connectivity index (χ0) is 21.4. The second kappa shape index (κ2) is 8.84. The second-order valence-electron chi connectivity index (χ2n) is 9.86. The molecular formula is C24H36Cl2O2Si. The van der Waals surface area contributed by atoms with Gasteiger partial charge in [0.2, 0.25) is 0 Å². The van der Waals surface area contributed by atoms with Gasteiger partial charge in [0, 0.05) is 17.4 Å². The van der Waals surface area contributed by atoms with Crippen molar-refractivity contribution in [2.75, 3.05) is 0 Å². The van der Waals surface area contributed by atoms with Crippen LogP contribution in [0, 0.1) is 5.92 Å². The summed E-state index contributed by atoms with van der Waals surface area (Å²) in [5.74, 6) is 2.68. The van der Waals surface area contributed by atoms with E-state index in [-0.39, 0.29) is 5.60 Å². The molecule has 5 heteroatoms. The molecule has 1 aromatic rings. The maximum absolute atomic E-state index is 6.63. The molecule has 0 radical (unpaired) electrons. The molecule has 2 aliphatic rings. The average Bonchev–Trinajstić information content (AvgIpc) is 2.60. The Morgan fingerprint density at radius 2 is 1.97 bits per heavy atom. The molecule has 1 aliphatic heterocycles. The van der Waals surface area contributed by atoms with Crippen LogP contribution in [-0.2, 0) is 6.42 Å². The van der Waals surface area contributed by atoms with Gasteiger partial charge in [0.1, 0.15) is 21.6 Å². The lowest BCUT2D eigenvalue weighted by Gasteiger charge is -2.47. The van der Waals surface area contributed by atoms with Gasteiger partial charge >= 0.3 is 0 Å². The van der Waals surface area contributed by atoms with Crippen LogP contribution in [0.4, 0.5) is 0 Å². The van der Waals surface area contributed by atoms with Gasteiger partial charge in [-0.2, -0.15) is 0 Å². The van der Waals surface area contributed by atoms with Crippen LogP contribution in [0.25, 0.3) is 0 Å². The fourth-order valence-corrected chi connectivity index (χ4v) is 5.79. The Balaban J connectivity index is 2.10. The SMILES string of the molecule is CCCCCc1cc2c(c(O[Si](C)(C)C(Cl)Cl)c1)C1C=C(C)CCC1C(C)(C)O2. The van der Waals surface area contributed by atoms with Crippen LogP contribution in [0.15, 0.2) is 23.8 Å². The first-order chi connectivity index (χ1) is 13.5. The third-order valence-corrected chi connectivity index (χ3v) is 11.4. The number of benzene rings is 1. The molecule has 2 nitrogen and oxygen atoms in total. The van der Waals surface area contributed by atoms with Crippen LogP contribution in [0.2, 0.25) is 13.1 Å². The van der Waals surface area contributed by atoms with Crippen molar-refractivity contribution in [3.63, 3.8) is 0 Å². The highest BCUT2D eigenvalue weighted by Crippen LogP contribution is 2.54. The van der Waals surface area contributed by atoms with E-state index in [2.05, 4.69) is 59.0 Å². The fourth-order valence-electron chi connectivity index (χ4n) is 4.70. The van der Waals surface area contributed by atoms with Crippen LogP contribution in [0.1, 0.15) is 76.8 Å². The van der Waals surface area contributed by atoms with Gasteiger partial charge in [-0.1, -0.05) is 31.4 Å². The van der Waals surface area contributed by atoms with Gasteiger partial charge in [-0.3, -0.25) is 0 Å². The summed E-state index contributed by atoms with van der Waals surface area (Å²) in [5, 5.41) is 0. The molecule has 0 saturated carbocycles. The molecule has 1 heterocycles. The van der Waals surface area contributed by atoms with E-state index in [1.54, 1.807) is 0 Å². The number of halogens is 2. The molecule has 0 spiro atoms. The molecule has 0 amide bonds. The van der Waals surface area contributed by atoms with Crippen molar-refractivity contribution in [3.05, 3.63) is 34.9 Å². The van der Waals surface area contributed by atoms with Crippen LogP contribution in [0.5, 0.6) is 11.5 Å². The van der Waals surface area contributed by atoms with E-state index < -0.39 is 12.8 Å². The Hall–Kier alpha value is -0.643. The summed E-state index contributed by atoms with van der Waals surface area (Å²) in [4.78, 5) is 0. The summed E-state index contributed by atoms with van der Waals surface area (Å²) in [7, 11) is -2.30. The number of alkyl halides is 2. The monoisotopic (exact) mass is 454 g/mol. The molecule has 2 atom stereocenters. The molecule has 1 aliphatic carbocycles. The summed E-state index contributed by atoms with van der Waals surface area (Å²) in [6.07, 6.45) is 9.39. The highest BCUT2D eigenvalue weighted by Gasteiger charge is 2.46. The maximum atomic E-state index is 6.63. The molecule has 0 bridgehead atoms. The summed E-state index contributed by atoms with van der Waals surface area (Å²) in [6.45, 7) is 13.1. The molecule has 2 unspecified atom stereocenters. The molecule has 0 saturated heterocycles. The van der Waals surface area contributed by atoms with Gasteiger partial charge in [0.15, 0.2) is 0 Å². The van der Waals surface area contributed by atoms with Gasteiger partial charge in [-0.15, -0.1) is 23.2 Å². The van der Waals surface area contributed by atoms with E-state index >= 15 is 0 Å². The molecule has 162 valence electrons. The summed E-state index contributed by atoms with van der Waals surface area (Å²) in [6, 6.07) is 4.48. The van der Waals surface area contributed by atoms with Crippen LogP contribution in [-0.4, -0.2) is 18.4 Å². The number of ether oxygens (including phenoxy) is 1. The molecule has 0 aromatic heterocycles. The van der Waals surface area contributed by atoms with E-state index in [4.69, 9.17) is 32.4 Å². The number of aryl methyl sites for hydroxylation is 1. The summed E-state index contributed by atoms with van der Waals surface area (Å²) < 4.78 is 12.8. The Kier molecular flexibility index (Phi) is 7.02. The third kappa shape index (κ3) is 4.99.